The molecule has 0 unspecified atom stereocenters. The zero-order chi connectivity index (χ0) is 59.1. The van der Waals surface area contributed by atoms with Crippen molar-refractivity contribution in [3.63, 3.8) is 0 Å². The predicted molar refractivity (Wildman–Crippen MR) is 325 cm³/mol. The Balaban J connectivity index is 0.000000151. The second-order valence-electron chi connectivity index (χ2n) is 20.3. The Morgan fingerprint density at radius 1 is 0.410 bits per heavy atom. The van der Waals surface area contributed by atoms with Crippen LogP contribution in [0.3, 0.4) is 0 Å². The lowest BCUT2D eigenvalue weighted by molar-refractivity contribution is 0.0522. The van der Waals surface area contributed by atoms with E-state index in [1.165, 1.54) is 18.2 Å². The molecule has 8 aromatic carbocycles. The number of aromatic carboxylic acids is 2. The average molecular weight is 1130 g/mol. The van der Waals surface area contributed by atoms with E-state index < -0.39 is 23.9 Å². The van der Waals surface area contributed by atoms with Crippen LogP contribution < -0.4 is 21.7 Å². The van der Waals surface area contributed by atoms with Crippen molar-refractivity contribution in [3.05, 3.63) is 230 Å². The third-order valence-corrected chi connectivity index (χ3v) is 14.6. The van der Waals surface area contributed by atoms with Gasteiger partial charge in [0.2, 0.25) is 0 Å². The van der Waals surface area contributed by atoms with Crippen LogP contribution in [0.25, 0.3) is 87.2 Å². The molecule has 0 fully saturated rings. The number of hydrogen-bond acceptors (Lipinski definition) is 10. The fourth-order valence-electron chi connectivity index (χ4n) is 10.4. The van der Waals surface area contributed by atoms with E-state index in [1.54, 1.807) is 56.3 Å². The van der Waals surface area contributed by atoms with E-state index in [2.05, 4.69) is 15.0 Å². The van der Waals surface area contributed by atoms with Gasteiger partial charge in [0.1, 0.15) is 0 Å². The van der Waals surface area contributed by atoms with Gasteiger partial charge in [0, 0.05) is 72.1 Å². The molecule has 12 rings (SSSR count). The zero-order valence-electron chi connectivity index (χ0n) is 45.8. The minimum atomic E-state index is -1.25. The van der Waals surface area contributed by atoms with Gasteiger partial charge in [-0.25, -0.2) is 19.2 Å². The maximum absolute atomic E-state index is 13.7. The molecule has 0 atom stereocenters. The summed E-state index contributed by atoms with van der Waals surface area (Å²) in [7, 11) is 0. The summed E-state index contributed by atoms with van der Waals surface area (Å²) >= 11 is 5.73. The topological polar surface area (TPSA) is 248 Å². The monoisotopic (exact) mass is 1130 g/mol. The van der Waals surface area contributed by atoms with E-state index >= 15 is 0 Å². The van der Waals surface area contributed by atoms with Gasteiger partial charge in [-0.3, -0.25) is 19.2 Å². The number of carbonyl (C=O) groups excluding carboxylic acids is 2. The lowest BCUT2D eigenvalue weighted by Crippen LogP contribution is -2.15. The summed E-state index contributed by atoms with van der Waals surface area (Å²) < 4.78 is 11.6. The number of nitrogens with one attached hydrogen (secondary N) is 3. The van der Waals surface area contributed by atoms with Crippen LogP contribution in [-0.2, 0) is 21.9 Å². The Bertz CT molecular complexity index is 4810. The summed E-state index contributed by atoms with van der Waals surface area (Å²) in [6.45, 7) is 11.8. The largest absolute Gasteiger partial charge is 0.478 e. The smallest absolute Gasteiger partial charge is 0.338 e. The van der Waals surface area contributed by atoms with Crippen molar-refractivity contribution >= 4 is 123 Å². The standard InChI is InChI=1S/C31H22N2O6.C22H16N2O2.C13H15ClO4/c1-15-3-5-24-20(7-15)28(34)21-13-27-23(12-25(21)32-24)29(35)22-8-16(2)4-6-26(22)33(27)14-17-9-18(30(36)37)11-19(10-17)31(38)39;1-11-3-5-17-13(7-11)21(25)15-9-20-16(10-19(15)23-17)22(26)14-8-12(2)4-6-18(14)24-20;1-3-17-12(15)10-5-9(8-14)6-11(7-10)13(16)18-4-2/h3-13H,14H2,1-2H3,(H,32,34)(H,36,37)(H,38,39);3-10H,1-2H3,(H,23,25)(H,24,26);5-7H,3-4,8H2,1-2H3. The molecule has 416 valence electrons. The summed E-state index contributed by atoms with van der Waals surface area (Å²) in [5.41, 5.74) is 10.1. The highest BCUT2D eigenvalue weighted by Gasteiger charge is 2.19. The molecule has 5 N–H and O–H groups in total. The fourth-order valence-corrected chi connectivity index (χ4v) is 10.5. The van der Waals surface area contributed by atoms with Crippen molar-refractivity contribution in [3.8, 4) is 0 Å². The number of esters is 2. The molecule has 0 aliphatic heterocycles. The number of carboxylic acids is 2. The number of H-pyrrole nitrogens is 3. The normalized spacial score (nSPS) is 11.3. The van der Waals surface area contributed by atoms with Crippen LogP contribution in [-0.4, -0.2) is 66.8 Å². The van der Waals surface area contributed by atoms with Crippen molar-refractivity contribution in [1.82, 2.24) is 19.5 Å². The third-order valence-electron chi connectivity index (χ3n) is 14.3. The molecule has 0 aliphatic rings. The minimum absolute atomic E-state index is 0.0239. The van der Waals surface area contributed by atoms with E-state index in [0.717, 1.165) is 39.4 Å². The molecule has 0 bridgehead atoms. The lowest BCUT2D eigenvalue weighted by Gasteiger charge is -2.17. The second-order valence-corrected chi connectivity index (χ2v) is 20.6. The second kappa shape index (κ2) is 22.7. The number of carboxylic acid groups (broad SMARTS) is 2. The molecular formula is C66H53ClN4O12. The van der Waals surface area contributed by atoms with Gasteiger partial charge in [-0.15, -0.1) is 11.6 Å². The van der Waals surface area contributed by atoms with E-state index in [-0.39, 0.29) is 58.5 Å². The van der Waals surface area contributed by atoms with Gasteiger partial charge in [0.25, 0.3) is 0 Å². The van der Waals surface area contributed by atoms with E-state index in [1.807, 2.05) is 99.0 Å². The van der Waals surface area contributed by atoms with Crippen molar-refractivity contribution in [2.24, 2.45) is 0 Å². The van der Waals surface area contributed by atoms with Gasteiger partial charge in [-0.1, -0.05) is 46.5 Å². The number of aryl methyl sites for hydroxylation is 4. The Labute approximate surface area is 476 Å². The molecule has 4 heterocycles. The molecule has 0 radical (unpaired) electrons. The predicted octanol–water partition coefficient (Wildman–Crippen LogP) is 12.3. The van der Waals surface area contributed by atoms with Gasteiger partial charge in [0.15, 0.2) is 21.7 Å². The number of pyridine rings is 4. The molecule has 0 saturated carbocycles. The van der Waals surface area contributed by atoms with Crippen LogP contribution in [0.1, 0.15) is 88.7 Å². The molecule has 0 aliphatic carbocycles. The molecule has 83 heavy (non-hydrogen) atoms. The highest BCUT2D eigenvalue weighted by molar-refractivity contribution is 6.17. The highest BCUT2D eigenvalue weighted by atomic mass is 35.5. The van der Waals surface area contributed by atoms with E-state index in [4.69, 9.17) is 21.1 Å². The average Bonchev–Trinajstić information content (AvgIpc) is 1.88. The third kappa shape index (κ3) is 11.1. The Morgan fingerprint density at radius 2 is 0.747 bits per heavy atom. The van der Waals surface area contributed by atoms with Crippen LogP contribution in [0.5, 0.6) is 0 Å². The summed E-state index contributed by atoms with van der Waals surface area (Å²) in [6.07, 6.45) is 0. The fraction of sp³-hybridized carbons (Fsp3) is 0.152. The van der Waals surface area contributed by atoms with Gasteiger partial charge in [0.05, 0.1) is 63.1 Å². The van der Waals surface area contributed by atoms with Crippen molar-refractivity contribution < 1.29 is 38.9 Å². The van der Waals surface area contributed by atoms with Gasteiger partial charge in [-0.05, 0) is 162 Å². The number of ether oxygens (including phenoxy) is 2. The minimum Gasteiger partial charge on any atom is -0.478 e. The highest BCUT2D eigenvalue weighted by Crippen LogP contribution is 2.28. The maximum atomic E-state index is 13.7. The van der Waals surface area contributed by atoms with Gasteiger partial charge in [-0.2, -0.15) is 0 Å². The SMILES string of the molecule is CCOC(=O)c1cc(CCl)cc(C(=O)OCC)c1.Cc1ccc2[nH]c3cc4c(=O)c5cc(C)ccc5[nH]c4cc3c(=O)c2c1.Cc1ccc2[nH]c3cc4c(=O)c5cc(C)ccc5n(Cc5cc(C(=O)O)cc(C(=O)O)c5)c4cc3c(=O)c2c1. The number of hydrogen-bond donors (Lipinski definition) is 5. The first-order valence-electron chi connectivity index (χ1n) is 26.4. The number of rotatable bonds is 9. The number of aromatic nitrogens is 4. The van der Waals surface area contributed by atoms with Gasteiger partial charge < -0.3 is 39.2 Å². The van der Waals surface area contributed by atoms with E-state index in [9.17, 15) is 48.6 Å². The molecule has 0 saturated heterocycles. The number of nitrogens with zero attached hydrogens (tertiary/aromatic N) is 1. The molecular weight excluding hydrogens is 1080 g/mol. The maximum Gasteiger partial charge on any atom is 0.338 e. The Kier molecular flexibility index (Phi) is 15.4. The number of alkyl halides is 1. The molecule has 12 aromatic rings. The summed E-state index contributed by atoms with van der Waals surface area (Å²) in [5.74, 6) is -3.24. The molecule has 0 amide bonds. The van der Waals surface area contributed by atoms with Gasteiger partial charge >= 0.3 is 23.9 Å². The van der Waals surface area contributed by atoms with Crippen LogP contribution in [0.4, 0.5) is 0 Å². The number of aromatic amines is 3. The van der Waals surface area contributed by atoms with Crippen LogP contribution in [0.2, 0.25) is 0 Å². The first-order chi connectivity index (χ1) is 39.7. The Hall–Kier alpha value is -10.2. The van der Waals surface area contributed by atoms with Crippen molar-refractivity contribution in [2.75, 3.05) is 13.2 Å². The molecule has 0 spiro atoms. The lowest BCUT2D eigenvalue weighted by atomic mass is 10.0. The number of fused-ring (bicyclic) bond motifs is 8. The van der Waals surface area contributed by atoms with Crippen LogP contribution in [0.15, 0.2) is 153 Å². The van der Waals surface area contributed by atoms with Crippen LogP contribution >= 0.6 is 11.6 Å². The summed E-state index contributed by atoms with van der Waals surface area (Å²) in [4.78, 5) is 110. The first-order valence-corrected chi connectivity index (χ1v) is 27.0. The summed E-state index contributed by atoms with van der Waals surface area (Å²) in [5, 5.41) is 23.4. The Morgan fingerprint density at radius 3 is 1.16 bits per heavy atom. The van der Waals surface area contributed by atoms with Crippen molar-refractivity contribution in [2.45, 2.75) is 54.0 Å². The number of benzene rings is 8. The summed E-state index contributed by atoms with van der Waals surface area (Å²) in [6, 6.07) is 38.1. The molecule has 16 nitrogen and oxygen atoms in total. The quantitative estimate of drug-likeness (QED) is 0.0514. The number of halogens is 1. The van der Waals surface area contributed by atoms with E-state index in [0.29, 0.717) is 98.4 Å². The molecule has 17 heteroatoms. The number of carbonyl (C=O) groups is 4. The zero-order valence-corrected chi connectivity index (χ0v) is 46.6. The van der Waals surface area contributed by atoms with Crippen molar-refractivity contribution in [1.29, 1.82) is 0 Å². The first kappa shape index (κ1) is 56.1. The van der Waals surface area contributed by atoms with Crippen LogP contribution in [0, 0.1) is 27.7 Å². The molecule has 4 aromatic heterocycles.